The topological polar surface area (TPSA) is 68.2 Å². The Bertz CT molecular complexity index is 1150. The number of amides is 1. The lowest BCUT2D eigenvalue weighted by Crippen LogP contribution is -2.34. The fraction of sp³-hybridized carbons (Fsp3) is 0.300. The van der Waals surface area contributed by atoms with Crippen molar-refractivity contribution in [2.45, 2.75) is 44.6 Å². The van der Waals surface area contributed by atoms with E-state index in [2.05, 4.69) is 24.3 Å². The molecule has 1 atom stereocenters. The summed E-state index contributed by atoms with van der Waals surface area (Å²) in [4.78, 5) is 24.3. The van der Waals surface area contributed by atoms with Crippen LogP contribution < -0.4 is 4.74 Å². The van der Waals surface area contributed by atoms with Crippen molar-refractivity contribution in [3.63, 3.8) is 0 Å². The lowest BCUT2D eigenvalue weighted by molar-refractivity contribution is -0.147. The van der Waals surface area contributed by atoms with Crippen LogP contribution in [0.25, 0.3) is 0 Å². The van der Waals surface area contributed by atoms with Crippen molar-refractivity contribution in [2.75, 3.05) is 13.7 Å². The number of aryl methyl sites for hydroxylation is 1. The molecule has 0 aromatic heterocycles. The van der Waals surface area contributed by atoms with E-state index in [9.17, 15) is 9.59 Å². The summed E-state index contributed by atoms with van der Waals surface area (Å²) in [6.07, 6.45) is 1.97. The van der Waals surface area contributed by atoms with E-state index in [1.807, 2.05) is 60.7 Å². The first-order valence-electron chi connectivity index (χ1n) is 12.4. The summed E-state index contributed by atoms with van der Waals surface area (Å²) < 4.78 is 10.4. The number of nitrogens with zero attached hydrogens (tertiary/aromatic N) is 2. The van der Waals surface area contributed by atoms with Crippen LogP contribution >= 0.6 is 0 Å². The Kier molecular flexibility index (Phi) is 8.50. The van der Waals surface area contributed by atoms with Crippen molar-refractivity contribution in [2.24, 2.45) is 5.10 Å². The standard InChI is InChI=1S/C30H32N2O4/c1-22(30(34)35-2)36-26-17-9-11-23(21-26)12-10-20-32-28(33)19-18-27(31-32)29(24-13-5-3-6-14-24)25-15-7-4-8-16-25/h3-9,11,13-17,21-22,29H,10,12,18-20H2,1-2H3/t22-/m0/s1. The van der Waals surface area contributed by atoms with Crippen molar-refractivity contribution < 1.29 is 19.1 Å². The maximum Gasteiger partial charge on any atom is 0.346 e. The first-order chi connectivity index (χ1) is 17.5. The molecule has 0 spiro atoms. The molecule has 0 saturated carbocycles. The molecule has 0 unspecified atom stereocenters. The van der Waals surface area contributed by atoms with Gasteiger partial charge in [0.15, 0.2) is 6.10 Å². The molecule has 0 saturated heterocycles. The van der Waals surface area contributed by atoms with Gasteiger partial charge in [0, 0.05) is 18.9 Å². The molecule has 0 aliphatic carbocycles. The van der Waals surface area contributed by atoms with Crippen LogP contribution in [0.2, 0.25) is 0 Å². The van der Waals surface area contributed by atoms with Gasteiger partial charge in [-0.3, -0.25) is 4.79 Å². The summed E-state index contributed by atoms with van der Waals surface area (Å²) in [5, 5.41) is 6.49. The second-order valence-corrected chi connectivity index (χ2v) is 8.90. The van der Waals surface area contributed by atoms with E-state index in [0.29, 0.717) is 25.1 Å². The lowest BCUT2D eigenvalue weighted by atomic mass is 9.85. The first-order valence-corrected chi connectivity index (χ1v) is 12.4. The second kappa shape index (κ2) is 12.2. The van der Waals surface area contributed by atoms with Gasteiger partial charge in [0.2, 0.25) is 5.91 Å². The lowest BCUT2D eigenvalue weighted by Gasteiger charge is -2.28. The van der Waals surface area contributed by atoms with E-state index in [1.165, 1.54) is 18.2 Å². The van der Waals surface area contributed by atoms with Crippen molar-refractivity contribution in [1.82, 2.24) is 5.01 Å². The Hall–Kier alpha value is -3.93. The Morgan fingerprint density at radius 1 is 0.944 bits per heavy atom. The first kappa shape index (κ1) is 25.2. The number of benzene rings is 3. The molecule has 0 fully saturated rings. The van der Waals surface area contributed by atoms with Crippen LogP contribution in [0.3, 0.4) is 0 Å². The maximum atomic E-state index is 12.7. The van der Waals surface area contributed by atoms with Crippen molar-refractivity contribution in [3.05, 3.63) is 102 Å². The average molecular weight is 485 g/mol. The molecule has 36 heavy (non-hydrogen) atoms. The summed E-state index contributed by atoms with van der Waals surface area (Å²) in [6, 6.07) is 28.4. The zero-order chi connectivity index (χ0) is 25.3. The number of hydrogen-bond acceptors (Lipinski definition) is 5. The molecule has 6 heteroatoms. The monoisotopic (exact) mass is 484 g/mol. The summed E-state index contributed by atoms with van der Waals surface area (Å²) in [7, 11) is 1.34. The van der Waals surface area contributed by atoms with Gasteiger partial charge >= 0.3 is 5.97 Å². The highest BCUT2D eigenvalue weighted by atomic mass is 16.6. The average Bonchev–Trinajstić information content (AvgIpc) is 2.91. The molecule has 4 rings (SSSR count). The Morgan fingerprint density at radius 2 is 1.61 bits per heavy atom. The summed E-state index contributed by atoms with van der Waals surface area (Å²) in [6.45, 7) is 2.20. The van der Waals surface area contributed by atoms with Crippen LogP contribution in [0, 0.1) is 0 Å². The van der Waals surface area contributed by atoms with Crippen molar-refractivity contribution >= 4 is 17.6 Å². The smallest absolute Gasteiger partial charge is 0.346 e. The molecule has 1 heterocycles. The summed E-state index contributed by atoms with van der Waals surface area (Å²) in [5.41, 5.74) is 4.44. The number of hydrogen-bond donors (Lipinski definition) is 0. The van der Waals surface area contributed by atoms with Crippen LogP contribution in [-0.4, -0.2) is 42.4 Å². The fourth-order valence-electron chi connectivity index (χ4n) is 4.50. The van der Waals surface area contributed by atoms with Crippen LogP contribution in [0.15, 0.2) is 90.0 Å². The molecule has 6 nitrogen and oxygen atoms in total. The van der Waals surface area contributed by atoms with Crippen molar-refractivity contribution in [1.29, 1.82) is 0 Å². The molecule has 3 aromatic rings. The molecular weight excluding hydrogens is 452 g/mol. The normalized spacial score (nSPS) is 14.4. The highest BCUT2D eigenvalue weighted by Gasteiger charge is 2.27. The molecule has 3 aromatic carbocycles. The zero-order valence-corrected chi connectivity index (χ0v) is 20.8. The highest BCUT2D eigenvalue weighted by Crippen LogP contribution is 2.30. The number of carbonyl (C=O) groups is 2. The van der Waals surface area contributed by atoms with E-state index >= 15 is 0 Å². The van der Waals surface area contributed by atoms with Crippen molar-refractivity contribution in [3.8, 4) is 5.75 Å². The zero-order valence-electron chi connectivity index (χ0n) is 20.8. The van der Waals surface area contributed by atoms with Gasteiger partial charge in [0.25, 0.3) is 0 Å². The van der Waals surface area contributed by atoms with E-state index in [-0.39, 0.29) is 11.8 Å². The molecule has 1 amide bonds. The number of methoxy groups -OCH3 is 1. The van der Waals surface area contributed by atoms with E-state index in [1.54, 1.807) is 11.9 Å². The van der Waals surface area contributed by atoms with Gasteiger partial charge < -0.3 is 9.47 Å². The van der Waals surface area contributed by atoms with Crippen LogP contribution in [-0.2, 0) is 20.7 Å². The summed E-state index contributed by atoms with van der Waals surface area (Å²) in [5.74, 6) is 0.284. The third kappa shape index (κ3) is 6.39. The molecule has 1 aliphatic rings. The third-order valence-electron chi connectivity index (χ3n) is 6.31. The largest absolute Gasteiger partial charge is 0.479 e. The Labute approximate surface area is 212 Å². The van der Waals surface area contributed by atoms with Crippen LogP contribution in [0.4, 0.5) is 0 Å². The van der Waals surface area contributed by atoms with Gasteiger partial charge in [-0.2, -0.15) is 5.10 Å². The second-order valence-electron chi connectivity index (χ2n) is 8.90. The molecular formula is C30H32N2O4. The van der Waals surface area contributed by atoms with Crippen LogP contribution in [0.1, 0.15) is 48.8 Å². The number of ether oxygens (including phenoxy) is 2. The van der Waals surface area contributed by atoms with Gasteiger partial charge in [-0.15, -0.1) is 0 Å². The van der Waals surface area contributed by atoms with E-state index in [0.717, 1.165) is 24.1 Å². The molecule has 0 N–H and O–H groups in total. The Balaban J connectivity index is 1.45. The van der Waals surface area contributed by atoms with Gasteiger partial charge in [0.05, 0.1) is 12.8 Å². The molecule has 0 bridgehead atoms. The quantitative estimate of drug-likeness (QED) is 0.363. The van der Waals surface area contributed by atoms with Crippen LogP contribution in [0.5, 0.6) is 5.75 Å². The minimum absolute atomic E-state index is 0.0219. The Morgan fingerprint density at radius 3 is 2.25 bits per heavy atom. The molecule has 0 radical (unpaired) electrons. The van der Waals surface area contributed by atoms with E-state index in [4.69, 9.17) is 14.6 Å². The van der Waals surface area contributed by atoms with Gasteiger partial charge in [0.1, 0.15) is 5.75 Å². The van der Waals surface area contributed by atoms with E-state index < -0.39 is 12.1 Å². The summed E-state index contributed by atoms with van der Waals surface area (Å²) >= 11 is 0. The number of rotatable bonds is 10. The molecule has 186 valence electrons. The predicted molar refractivity (Wildman–Crippen MR) is 140 cm³/mol. The van der Waals surface area contributed by atoms with Gasteiger partial charge in [-0.25, -0.2) is 9.80 Å². The maximum absolute atomic E-state index is 12.7. The SMILES string of the molecule is COC(=O)[C@H](C)Oc1cccc(CCCN2N=C(C(c3ccccc3)c3ccccc3)CCC2=O)c1. The fourth-order valence-corrected chi connectivity index (χ4v) is 4.50. The number of hydrazone groups is 1. The number of esters is 1. The third-order valence-corrected chi connectivity index (χ3v) is 6.31. The van der Waals surface area contributed by atoms with Gasteiger partial charge in [-0.05, 0) is 55.0 Å². The van der Waals surface area contributed by atoms with Gasteiger partial charge in [-0.1, -0.05) is 72.8 Å². The predicted octanol–water partition coefficient (Wildman–Crippen LogP) is 5.37. The molecule has 1 aliphatic heterocycles. The number of carbonyl (C=O) groups excluding carboxylic acids is 2. The highest BCUT2D eigenvalue weighted by molar-refractivity contribution is 5.98. The minimum atomic E-state index is -0.675. The minimum Gasteiger partial charge on any atom is -0.479 e.